The van der Waals surface area contributed by atoms with Gasteiger partial charge in [-0.2, -0.15) is 0 Å². The van der Waals surface area contributed by atoms with Gasteiger partial charge >= 0.3 is 0 Å². The molecule has 3 saturated heterocycles. The molecular weight excluding hydrogens is 600 g/mol. The number of hydrogen-bond acceptors (Lipinski definition) is 11. The van der Waals surface area contributed by atoms with Crippen molar-refractivity contribution >= 4 is 11.8 Å². The van der Waals surface area contributed by atoms with Gasteiger partial charge in [0.15, 0.2) is 6.29 Å². The van der Waals surface area contributed by atoms with Crippen molar-refractivity contribution in [2.75, 3.05) is 19.8 Å². The fourth-order valence-electron chi connectivity index (χ4n) is 6.18. The van der Waals surface area contributed by atoms with Gasteiger partial charge in [0.25, 0.3) is 0 Å². The lowest BCUT2D eigenvalue weighted by Crippen LogP contribution is -2.67. The highest BCUT2D eigenvalue weighted by atomic mass is 16.7. The van der Waals surface area contributed by atoms with Crippen LogP contribution in [0.1, 0.15) is 97.3 Å². The molecule has 0 aromatic heterocycles. The number of epoxide rings is 1. The summed E-state index contributed by atoms with van der Waals surface area (Å²) in [5.74, 6) is -0.770. The Morgan fingerprint density at radius 1 is 0.804 bits per heavy atom. The van der Waals surface area contributed by atoms with Crippen molar-refractivity contribution in [3.8, 4) is 0 Å². The molecular formula is C33H58N2O11. The van der Waals surface area contributed by atoms with E-state index in [9.17, 15) is 35.1 Å². The number of aliphatic hydroxyl groups excluding tert-OH is 5. The first kappa shape index (κ1) is 38.8. The maximum atomic E-state index is 12.7. The predicted molar refractivity (Wildman–Crippen MR) is 168 cm³/mol. The summed E-state index contributed by atoms with van der Waals surface area (Å²) in [5, 5.41) is 56.6. The van der Waals surface area contributed by atoms with Crippen LogP contribution < -0.4 is 10.6 Å². The SMILES string of the molecule is CCCCCC1OC1C/C=C\CCCCCCCCC(=O)NC1COC(CO)[C@@H](O[C@@H]2OC(CO)[C@@H](O)[C@H](O)C2NC(C)=O)[C@H]1O. The Morgan fingerprint density at radius 3 is 2.22 bits per heavy atom. The molecule has 13 nitrogen and oxygen atoms in total. The lowest BCUT2D eigenvalue weighted by Gasteiger charge is -2.46. The molecule has 3 fully saturated rings. The molecule has 0 bridgehead atoms. The zero-order valence-electron chi connectivity index (χ0n) is 27.5. The second kappa shape index (κ2) is 20.6. The van der Waals surface area contributed by atoms with Crippen molar-refractivity contribution in [3.05, 3.63) is 12.2 Å². The zero-order valence-corrected chi connectivity index (χ0v) is 27.5. The van der Waals surface area contributed by atoms with Crippen LogP contribution in [0.3, 0.4) is 0 Å². The molecule has 7 N–H and O–H groups in total. The Bertz CT molecular complexity index is 924. The van der Waals surface area contributed by atoms with Crippen LogP contribution in [0.25, 0.3) is 0 Å². The van der Waals surface area contributed by atoms with Crippen molar-refractivity contribution in [1.82, 2.24) is 10.6 Å². The van der Waals surface area contributed by atoms with Gasteiger partial charge in [0.1, 0.15) is 42.7 Å². The zero-order chi connectivity index (χ0) is 33.5. The quantitative estimate of drug-likeness (QED) is 0.0527. The topological polar surface area (TPSA) is 200 Å². The van der Waals surface area contributed by atoms with Gasteiger partial charge in [0, 0.05) is 13.3 Å². The van der Waals surface area contributed by atoms with E-state index in [2.05, 4.69) is 29.7 Å². The molecule has 3 heterocycles. The van der Waals surface area contributed by atoms with Crippen LogP contribution in [0.2, 0.25) is 0 Å². The van der Waals surface area contributed by atoms with Gasteiger partial charge in [-0.15, -0.1) is 0 Å². The Labute approximate surface area is 273 Å². The van der Waals surface area contributed by atoms with Crippen LogP contribution in [0.15, 0.2) is 12.2 Å². The maximum Gasteiger partial charge on any atom is 0.220 e. The number of aliphatic hydroxyl groups is 5. The van der Waals surface area contributed by atoms with Gasteiger partial charge in [-0.3, -0.25) is 9.59 Å². The third-order valence-electron chi connectivity index (χ3n) is 9.01. The standard InChI is InChI=1S/C33H58N2O11/c1-3-4-12-15-23-24(44-23)16-13-10-8-6-5-7-9-11-14-17-27(39)35-22-20-43-26(19-37)32(29(22)40)46-33-28(34-21(2)38)31(42)30(41)25(18-36)45-33/h10,13,22-26,28-33,36-37,40-42H,3-9,11-12,14-20H2,1-2H3,(H,34,38)(H,35,39)/b13-10-/t22?,23?,24?,25?,26?,28?,29-,30+,31+,32+,33-/m0/s1. The molecule has 0 aromatic rings. The van der Waals surface area contributed by atoms with Gasteiger partial charge < -0.3 is 55.1 Å². The lowest BCUT2D eigenvalue weighted by molar-refractivity contribution is -0.309. The average molecular weight is 659 g/mol. The molecule has 2 amide bonds. The molecule has 3 aliphatic heterocycles. The Balaban J connectivity index is 1.32. The van der Waals surface area contributed by atoms with E-state index in [1.165, 1.54) is 32.6 Å². The van der Waals surface area contributed by atoms with Crippen LogP contribution in [-0.2, 0) is 28.5 Å². The minimum atomic E-state index is -1.54. The molecule has 0 aliphatic carbocycles. The number of carbonyl (C=O) groups is 2. The normalized spacial score (nSPS) is 34.5. The summed E-state index contributed by atoms with van der Waals surface area (Å²) in [5.41, 5.74) is 0. The summed E-state index contributed by atoms with van der Waals surface area (Å²) in [6.45, 7) is 2.23. The highest BCUT2D eigenvalue weighted by Gasteiger charge is 2.49. The smallest absolute Gasteiger partial charge is 0.220 e. The highest BCUT2D eigenvalue weighted by molar-refractivity contribution is 5.76. The van der Waals surface area contributed by atoms with Crippen LogP contribution in [0.4, 0.5) is 0 Å². The van der Waals surface area contributed by atoms with Gasteiger partial charge in [-0.1, -0.05) is 64.0 Å². The van der Waals surface area contributed by atoms with Crippen LogP contribution in [0, 0.1) is 0 Å². The van der Waals surface area contributed by atoms with Crippen molar-refractivity contribution in [3.63, 3.8) is 0 Å². The molecule has 46 heavy (non-hydrogen) atoms. The van der Waals surface area contributed by atoms with Crippen molar-refractivity contribution in [1.29, 1.82) is 0 Å². The minimum absolute atomic E-state index is 0.0547. The summed E-state index contributed by atoms with van der Waals surface area (Å²) in [7, 11) is 0. The fraction of sp³-hybridized carbons (Fsp3) is 0.879. The summed E-state index contributed by atoms with van der Waals surface area (Å²) >= 11 is 0. The minimum Gasteiger partial charge on any atom is -0.394 e. The van der Waals surface area contributed by atoms with E-state index < -0.39 is 74.1 Å². The van der Waals surface area contributed by atoms with E-state index in [0.29, 0.717) is 25.0 Å². The summed E-state index contributed by atoms with van der Waals surface area (Å²) in [6.07, 6.45) is 9.73. The number of allylic oxidation sites excluding steroid dienone is 1. The highest BCUT2D eigenvalue weighted by Crippen LogP contribution is 2.30. The largest absolute Gasteiger partial charge is 0.394 e. The monoisotopic (exact) mass is 658 g/mol. The first-order valence-electron chi connectivity index (χ1n) is 17.2. The maximum absolute atomic E-state index is 12.7. The summed E-state index contributed by atoms with van der Waals surface area (Å²) in [6, 6.07) is -2.07. The lowest BCUT2D eigenvalue weighted by atomic mass is 9.95. The van der Waals surface area contributed by atoms with E-state index in [1.54, 1.807) is 0 Å². The number of carbonyl (C=O) groups excluding carboxylic acids is 2. The number of amides is 2. The number of unbranched alkanes of at least 4 members (excludes halogenated alkanes) is 8. The third-order valence-corrected chi connectivity index (χ3v) is 9.01. The first-order chi connectivity index (χ1) is 22.2. The summed E-state index contributed by atoms with van der Waals surface area (Å²) < 4.78 is 22.9. The van der Waals surface area contributed by atoms with Gasteiger partial charge in [0.05, 0.1) is 38.1 Å². The van der Waals surface area contributed by atoms with E-state index in [1.807, 2.05) is 0 Å². The Morgan fingerprint density at radius 2 is 1.52 bits per heavy atom. The molecule has 0 spiro atoms. The van der Waals surface area contributed by atoms with Crippen molar-refractivity contribution in [2.24, 2.45) is 0 Å². The van der Waals surface area contributed by atoms with Crippen molar-refractivity contribution < 1.29 is 54.1 Å². The van der Waals surface area contributed by atoms with Gasteiger partial charge in [-0.25, -0.2) is 0 Å². The first-order valence-corrected chi connectivity index (χ1v) is 17.2. The van der Waals surface area contributed by atoms with Crippen LogP contribution in [-0.4, -0.2) is 124 Å². The molecule has 11 atom stereocenters. The van der Waals surface area contributed by atoms with Gasteiger partial charge in [0.2, 0.25) is 11.8 Å². The molecule has 266 valence electrons. The number of hydrogen-bond donors (Lipinski definition) is 7. The fourth-order valence-corrected chi connectivity index (χ4v) is 6.18. The Hall–Kier alpha value is -1.68. The second-order valence-electron chi connectivity index (χ2n) is 12.8. The molecule has 0 radical (unpaired) electrons. The van der Waals surface area contributed by atoms with E-state index in [4.69, 9.17) is 18.9 Å². The Kier molecular flexibility index (Phi) is 17.4. The number of rotatable bonds is 21. The second-order valence-corrected chi connectivity index (χ2v) is 12.8. The van der Waals surface area contributed by atoms with Crippen LogP contribution >= 0.6 is 0 Å². The van der Waals surface area contributed by atoms with Crippen molar-refractivity contribution in [2.45, 2.75) is 165 Å². The molecule has 0 aromatic carbocycles. The third kappa shape index (κ3) is 12.4. The molecule has 3 aliphatic rings. The van der Waals surface area contributed by atoms with Gasteiger partial charge in [-0.05, 0) is 32.1 Å². The summed E-state index contributed by atoms with van der Waals surface area (Å²) in [4.78, 5) is 24.4. The molecule has 0 saturated carbocycles. The molecule has 6 unspecified atom stereocenters. The number of ether oxygens (including phenoxy) is 4. The number of nitrogens with one attached hydrogen (secondary N) is 2. The average Bonchev–Trinajstić information content (AvgIpc) is 3.79. The predicted octanol–water partition coefficient (Wildman–Crippen LogP) is 0.967. The van der Waals surface area contributed by atoms with E-state index in [0.717, 1.165) is 44.9 Å². The van der Waals surface area contributed by atoms with E-state index >= 15 is 0 Å². The van der Waals surface area contributed by atoms with E-state index in [-0.39, 0.29) is 12.5 Å². The van der Waals surface area contributed by atoms with Crippen LogP contribution in [0.5, 0.6) is 0 Å². The molecule has 3 rings (SSSR count). The molecule has 13 heteroatoms.